The Kier molecular flexibility index (Phi) is 5.32. The van der Waals surface area contributed by atoms with Gasteiger partial charge in [0.2, 0.25) is 0 Å². The van der Waals surface area contributed by atoms with Crippen LogP contribution in [0.4, 0.5) is 0 Å². The monoisotopic (exact) mass is 338 g/mol. The number of likely N-dealkylation sites (N-methyl/N-ethyl adjacent to an activating group) is 1. The summed E-state index contributed by atoms with van der Waals surface area (Å²) < 4.78 is 1.37. The molecule has 0 atom stereocenters. The highest BCUT2D eigenvalue weighted by Gasteiger charge is 2.21. The van der Waals surface area contributed by atoms with Crippen molar-refractivity contribution in [2.45, 2.75) is 12.6 Å². The fraction of sp³-hybridized carbons (Fsp3) is 0.455. The van der Waals surface area contributed by atoms with Crippen LogP contribution in [-0.2, 0) is 6.54 Å². The van der Waals surface area contributed by atoms with E-state index in [1.807, 2.05) is 0 Å². The SMILES string of the molecule is CN(Cc1ccccc1I)C1CNC1.Cl. The Labute approximate surface area is 111 Å². The molecule has 2 rings (SSSR count). The number of nitrogens with one attached hydrogen (secondary N) is 1. The lowest BCUT2D eigenvalue weighted by molar-refractivity contribution is 0.173. The maximum absolute atomic E-state index is 3.30. The normalized spacial score (nSPS) is 15.9. The van der Waals surface area contributed by atoms with Gasteiger partial charge < -0.3 is 5.32 Å². The molecule has 0 aliphatic carbocycles. The van der Waals surface area contributed by atoms with E-state index in [4.69, 9.17) is 0 Å². The van der Waals surface area contributed by atoms with Crippen LogP contribution < -0.4 is 5.32 Å². The Morgan fingerprint density at radius 2 is 2.07 bits per heavy atom. The van der Waals surface area contributed by atoms with Crippen LogP contribution in [0.1, 0.15) is 5.56 Å². The van der Waals surface area contributed by atoms with Gasteiger partial charge in [-0.05, 0) is 41.3 Å². The van der Waals surface area contributed by atoms with E-state index < -0.39 is 0 Å². The highest BCUT2D eigenvalue weighted by molar-refractivity contribution is 14.1. The van der Waals surface area contributed by atoms with Gasteiger partial charge in [0.25, 0.3) is 0 Å². The first-order valence-electron chi connectivity index (χ1n) is 4.92. The third-order valence-corrected chi connectivity index (χ3v) is 3.81. The summed E-state index contributed by atoms with van der Waals surface area (Å²) in [6.45, 7) is 3.34. The van der Waals surface area contributed by atoms with Crippen LogP contribution >= 0.6 is 35.0 Å². The van der Waals surface area contributed by atoms with Crippen molar-refractivity contribution >= 4 is 35.0 Å². The largest absolute Gasteiger partial charge is 0.314 e. The van der Waals surface area contributed by atoms with Gasteiger partial charge >= 0.3 is 0 Å². The summed E-state index contributed by atoms with van der Waals surface area (Å²) in [7, 11) is 2.20. The van der Waals surface area contributed by atoms with E-state index in [9.17, 15) is 0 Å². The molecule has 0 bridgehead atoms. The predicted molar refractivity (Wildman–Crippen MR) is 74.5 cm³/mol. The average Bonchev–Trinajstić information content (AvgIpc) is 2.05. The molecule has 0 aromatic heterocycles. The lowest BCUT2D eigenvalue weighted by Gasteiger charge is -2.35. The first kappa shape index (κ1) is 13.2. The molecule has 0 unspecified atom stereocenters. The van der Waals surface area contributed by atoms with Crippen molar-refractivity contribution in [1.29, 1.82) is 0 Å². The van der Waals surface area contributed by atoms with Crippen molar-refractivity contribution in [3.8, 4) is 0 Å². The van der Waals surface area contributed by atoms with Gasteiger partial charge in [-0.15, -0.1) is 12.4 Å². The molecule has 1 fully saturated rings. The summed E-state index contributed by atoms with van der Waals surface area (Å²) in [4.78, 5) is 2.42. The van der Waals surface area contributed by atoms with Crippen LogP contribution in [0.3, 0.4) is 0 Å². The van der Waals surface area contributed by atoms with Crippen LogP contribution in [0.5, 0.6) is 0 Å². The summed E-state index contributed by atoms with van der Waals surface area (Å²) in [6.07, 6.45) is 0. The fourth-order valence-corrected chi connectivity index (χ4v) is 2.17. The highest BCUT2D eigenvalue weighted by atomic mass is 127. The molecule has 1 aromatic rings. The third-order valence-electron chi connectivity index (χ3n) is 2.76. The van der Waals surface area contributed by atoms with E-state index in [0.29, 0.717) is 0 Å². The average molecular weight is 339 g/mol. The molecule has 0 amide bonds. The Morgan fingerprint density at radius 3 is 2.60 bits per heavy atom. The van der Waals surface area contributed by atoms with Gasteiger partial charge in [-0.25, -0.2) is 0 Å². The zero-order valence-corrected chi connectivity index (χ0v) is 11.7. The number of benzene rings is 1. The van der Waals surface area contributed by atoms with Gasteiger partial charge in [0.1, 0.15) is 0 Å². The van der Waals surface area contributed by atoms with Crippen molar-refractivity contribution < 1.29 is 0 Å². The van der Waals surface area contributed by atoms with Gasteiger partial charge in [-0.2, -0.15) is 0 Å². The van der Waals surface area contributed by atoms with Crippen LogP contribution in [0, 0.1) is 3.57 Å². The second kappa shape index (κ2) is 6.03. The molecule has 1 aromatic carbocycles. The molecular weight excluding hydrogens is 322 g/mol. The summed E-state index contributed by atoms with van der Waals surface area (Å²) in [5.41, 5.74) is 1.43. The first-order valence-corrected chi connectivity index (χ1v) is 5.99. The molecule has 15 heavy (non-hydrogen) atoms. The van der Waals surface area contributed by atoms with E-state index in [2.05, 4.69) is 64.1 Å². The van der Waals surface area contributed by atoms with Crippen molar-refractivity contribution in [3.63, 3.8) is 0 Å². The lowest BCUT2D eigenvalue weighted by Crippen LogP contribution is -2.55. The molecule has 1 heterocycles. The number of hydrogen-bond acceptors (Lipinski definition) is 2. The van der Waals surface area contributed by atoms with Crippen molar-refractivity contribution in [1.82, 2.24) is 10.2 Å². The van der Waals surface area contributed by atoms with Gasteiger partial charge in [-0.1, -0.05) is 18.2 Å². The number of rotatable bonds is 3. The quantitative estimate of drug-likeness (QED) is 0.849. The molecule has 1 aliphatic rings. The van der Waals surface area contributed by atoms with Gasteiger partial charge in [0.15, 0.2) is 0 Å². The minimum atomic E-state index is 0. The standard InChI is InChI=1S/C11H15IN2.ClH/c1-14(10-6-13-7-10)8-9-4-2-3-5-11(9)12;/h2-5,10,13H,6-8H2,1H3;1H. The fourth-order valence-electron chi connectivity index (χ4n) is 1.61. The second-order valence-electron chi connectivity index (χ2n) is 3.82. The Morgan fingerprint density at radius 1 is 1.40 bits per heavy atom. The van der Waals surface area contributed by atoms with E-state index in [1.165, 1.54) is 9.13 Å². The number of nitrogens with zero attached hydrogens (tertiary/aromatic N) is 1. The minimum Gasteiger partial charge on any atom is -0.314 e. The third kappa shape index (κ3) is 3.31. The predicted octanol–water partition coefficient (Wildman–Crippen LogP) is 2.12. The summed E-state index contributed by atoms with van der Waals surface area (Å²) >= 11 is 2.40. The summed E-state index contributed by atoms with van der Waals surface area (Å²) in [6, 6.07) is 9.32. The molecular formula is C11H16ClIN2. The topological polar surface area (TPSA) is 15.3 Å². The van der Waals surface area contributed by atoms with Crippen LogP contribution in [0.25, 0.3) is 0 Å². The minimum absolute atomic E-state index is 0. The first-order chi connectivity index (χ1) is 6.77. The maximum Gasteiger partial charge on any atom is 0.0345 e. The molecule has 1 saturated heterocycles. The van der Waals surface area contributed by atoms with Crippen LogP contribution in [0.2, 0.25) is 0 Å². The molecule has 0 spiro atoms. The molecule has 0 saturated carbocycles. The molecule has 1 aliphatic heterocycles. The smallest absolute Gasteiger partial charge is 0.0345 e. The Hall–Kier alpha value is 0.160. The maximum atomic E-state index is 3.30. The van der Waals surface area contributed by atoms with Crippen molar-refractivity contribution in [2.75, 3.05) is 20.1 Å². The Bertz CT molecular complexity index is 315. The highest BCUT2D eigenvalue weighted by Crippen LogP contribution is 2.15. The zero-order chi connectivity index (χ0) is 9.97. The van der Waals surface area contributed by atoms with Gasteiger partial charge in [-0.3, -0.25) is 4.90 Å². The molecule has 0 radical (unpaired) electrons. The van der Waals surface area contributed by atoms with Gasteiger partial charge in [0.05, 0.1) is 0 Å². The molecule has 2 nitrogen and oxygen atoms in total. The zero-order valence-electron chi connectivity index (χ0n) is 8.74. The summed E-state index contributed by atoms with van der Waals surface area (Å²) in [5, 5.41) is 3.30. The molecule has 1 N–H and O–H groups in total. The summed E-state index contributed by atoms with van der Waals surface area (Å²) in [5.74, 6) is 0. The number of hydrogen-bond donors (Lipinski definition) is 1. The van der Waals surface area contributed by atoms with E-state index in [-0.39, 0.29) is 12.4 Å². The van der Waals surface area contributed by atoms with E-state index in [0.717, 1.165) is 25.7 Å². The Balaban J connectivity index is 0.00000112. The van der Waals surface area contributed by atoms with Crippen molar-refractivity contribution in [2.24, 2.45) is 0 Å². The molecule has 84 valence electrons. The van der Waals surface area contributed by atoms with E-state index >= 15 is 0 Å². The molecule has 4 heteroatoms. The van der Waals surface area contributed by atoms with Crippen LogP contribution in [-0.4, -0.2) is 31.1 Å². The van der Waals surface area contributed by atoms with Gasteiger partial charge in [0, 0.05) is 29.2 Å². The lowest BCUT2D eigenvalue weighted by atomic mass is 10.1. The van der Waals surface area contributed by atoms with E-state index in [1.54, 1.807) is 0 Å². The number of halogens is 2. The second-order valence-corrected chi connectivity index (χ2v) is 4.98. The van der Waals surface area contributed by atoms with Crippen LogP contribution in [0.15, 0.2) is 24.3 Å². The van der Waals surface area contributed by atoms with Crippen molar-refractivity contribution in [3.05, 3.63) is 33.4 Å².